The Balaban J connectivity index is 1.75. The Morgan fingerprint density at radius 1 is 1.10 bits per heavy atom. The molecule has 1 fully saturated rings. The summed E-state index contributed by atoms with van der Waals surface area (Å²) in [5.41, 5.74) is 2.70. The number of unbranched alkanes of at least 4 members (excludes halogenated alkanes) is 2. The van der Waals surface area contributed by atoms with Crippen molar-refractivity contribution in [2.45, 2.75) is 65.0 Å². The van der Waals surface area contributed by atoms with E-state index in [4.69, 9.17) is 0 Å². The highest BCUT2D eigenvalue weighted by atomic mass is 15.1. The molecule has 0 saturated carbocycles. The molecule has 0 aliphatic carbocycles. The maximum Gasteiger partial charge on any atom is 0.0342 e. The van der Waals surface area contributed by atoms with E-state index in [-0.39, 0.29) is 0 Å². The number of nitrogens with one attached hydrogen (secondary N) is 1. The Hall–Kier alpha value is -1.02. The van der Waals surface area contributed by atoms with Gasteiger partial charge in [-0.2, -0.15) is 0 Å². The first-order chi connectivity index (χ1) is 9.78. The van der Waals surface area contributed by atoms with Gasteiger partial charge in [0.25, 0.3) is 0 Å². The molecule has 1 unspecified atom stereocenters. The van der Waals surface area contributed by atoms with Crippen LogP contribution in [0.1, 0.15) is 57.9 Å². The molecule has 1 aliphatic rings. The van der Waals surface area contributed by atoms with Gasteiger partial charge in [-0.25, -0.2) is 0 Å². The zero-order chi connectivity index (χ0) is 14.2. The molecular weight excluding hydrogens is 244 g/mol. The third-order valence-electron chi connectivity index (χ3n) is 4.21. The fraction of sp³-hybridized carbons (Fsp3) is 0.667. The molecule has 0 aromatic heterocycles. The van der Waals surface area contributed by atoms with Gasteiger partial charge in [0.1, 0.15) is 0 Å². The van der Waals surface area contributed by atoms with Gasteiger partial charge in [-0.3, -0.25) is 4.90 Å². The van der Waals surface area contributed by atoms with Gasteiger partial charge in [-0.05, 0) is 57.0 Å². The first-order valence-corrected chi connectivity index (χ1v) is 8.35. The van der Waals surface area contributed by atoms with Crippen LogP contribution in [0.5, 0.6) is 0 Å². The van der Waals surface area contributed by atoms with Gasteiger partial charge >= 0.3 is 0 Å². The summed E-state index contributed by atoms with van der Waals surface area (Å²) in [5, 5.41) is 3.61. The van der Waals surface area contributed by atoms with Crippen molar-refractivity contribution >= 4 is 5.69 Å². The fourth-order valence-corrected chi connectivity index (χ4v) is 2.96. The largest absolute Gasteiger partial charge is 0.383 e. The lowest BCUT2D eigenvalue weighted by molar-refractivity contribution is 0.331. The van der Waals surface area contributed by atoms with Gasteiger partial charge < -0.3 is 5.32 Å². The predicted molar refractivity (Wildman–Crippen MR) is 88.2 cm³/mol. The number of benzene rings is 1. The minimum atomic E-state index is 0.575. The number of likely N-dealkylation sites (tertiary alicyclic amines) is 1. The standard InChI is InChI=1S/C18H30N2/c1-3-4-5-8-16(2)19-18-11-9-17(10-12-18)15-20-13-6-7-14-20/h9-12,16,19H,3-8,13-15H2,1-2H3. The van der Waals surface area contributed by atoms with Crippen LogP contribution in [-0.2, 0) is 6.54 Å². The molecule has 0 bridgehead atoms. The Kier molecular flexibility index (Phi) is 6.38. The first-order valence-electron chi connectivity index (χ1n) is 8.35. The summed E-state index contributed by atoms with van der Waals surface area (Å²) in [6, 6.07) is 9.61. The van der Waals surface area contributed by atoms with Crippen LogP contribution < -0.4 is 5.32 Å². The average molecular weight is 274 g/mol. The molecule has 2 heteroatoms. The maximum absolute atomic E-state index is 3.61. The molecule has 0 radical (unpaired) electrons. The van der Waals surface area contributed by atoms with Gasteiger partial charge in [-0.1, -0.05) is 38.3 Å². The summed E-state index contributed by atoms with van der Waals surface area (Å²) >= 11 is 0. The number of nitrogens with zero attached hydrogens (tertiary/aromatic N) is 1. The van der Waals surface area contributed by atoms with E-state index in [2.05, 4.69) is 48.3 Å². The molecule has 1 heterocycles. The second-order valence-electron chi connectivity index (χ2n) is 6.22. The van der Waals surface area contributed by atoms with Gasteiger partial charge in [0.2, 0.25) is 0 Å². The highest BCUT2D eigenvalue weighted by Gasteiger charge is 2.11. The highest BCUT2D eigenvalue weighted by Crippen LogP contribution is 2.16. The van der Waals surface area contributed by atoms with Crippen molar-refractivity contribution in [3.63, 3.8) is 0 Å². The maximum atomic E-state index is 3.61. The van der Waals surface area contributed by atoms with E-state index in [0.717, 1.165) is 6.54 Å². The quantitative estimate of drug-likeness (QED) is 0.693. The Bertz CT molecular complexity index is 366. The summed E-state index contributed by atoms with van der Waals surface area (Å²) in [4.78, 5) is 2.55. The SMILES string of the molecule is CCCCCC(C)Nc1ccc(CN2CCCC2)cc1. The van der Waals surface area contributed by atoms with Crippen molar-refractivity contribution < 1.29 is 0 Å². The average Bonchev–Trinajstić information content (AvgIpc) is 2.94. The molecule has 2 nitrogen and oxygen atoms in total. The van der Waals surface area contributed by atoms with Crippen LogP contribution in [0.4, 0.5) is 5.69 Å². The van der Waals surface area contributed by atoms with Crippen LogP contribution in [0.25, 0.3) is 0 Å². The second kappa shape index (κ2) is 8.31. The summed E-state index contributed by atoms with van der Waals surface area (Å²) in [6.45, 7) is 8.21. The van der Waals surface area contributed by atoms with E-state index < -0.39 is 0 Å². The minimum Gasteiger partial charge on any atom is -0.383 e. The van der Waals surface area contributed by atoms with Crippen LogP contribution >= 0.6 is 0 Å². The summed E-state index contributed by atoms with van der Waals surface area (Å²) in [6.07, 6.45) is 7.99. The van der Waals surface area contributed by atoms with Crippen molar-refractivity contribution in [2.75, 3.05) is 18.4 Å². The molecule has 1 aliphatic heterocycles. The third-order valence-corrected chi connectivity index (χ3v) is 4.21. The molecule has 0 spiro atoms. The smallest absolute Gasteiger partial charge is 0.0342 e. The van der Waals surface area contributed by atoms with Crippen LogP contribution in [0.15, 0.2) is 24.3 Å². The molecular formula is C18H30N2. The van der Waals surface area contributed by atoms with Crippen molar-refractivity contribution in [1.82, 2.24) is 4.90 Å². The Morgan fingerprint density at radius 2 is 1.80 bits per heavy atom. The van der Waals surface area contributed by atoms with Crippen LogP contribution in [-0.4, -0.2) is 24.0 Å². The molecule has 0 amide bonds. The summed E-state index contributed by atoms with van der Waals surface area (Å²) in [7, 11) is 0. The molecule has 1 N–H and O–H groups in total. The van der Waals surface area contributed by atoms with E-state index in [1.54, 1.807) is 0 Å². The Labute approximate surface area is 124 Å². The van der Waals surface area contributed by atoms with E-state index >= 15 is 0 Å². The van der Waals surface area contributed by atoms with Gasteiger partial charge in [0, 0.05) is 18.3 Å². The highest BCUT2D eigenvalue weighted by molar-refractivity contribution is 5.45. The third kappa shape index (κ3) is 5.16. The minimum absolute atomic E-state index is 0.575. The lowest BCUT2D eigenvalue weighted by atomic mass is 10.1. The summed E-state index contributed by atoms with van der Waals surface area (Å²) < 4.78 is 0. The van der Waals surface area contributed by atoms with E-state index in [0.29, 0.717) is 6.04 Å². The zero-order valence-corrected chi connectivity index (χ0v) is 13.2. The lowest BCUT2D eigenvalue weighted by Gasteiger charge is -2.17. The Morgan fingerprint density at radius 3 is 2.45 bits per heavy atom. The van der Waals surface area contributed by atoms with Crippen LogP contribution in [0.2, 0.25) is 0 Å². The van der Waals surface area contributed by atoms with Gasteiger partial charge in [0.15, 0.2) is 0 Å². The van der Waals surface area contributed by atoms with Crippen molar-refractivity contribution in [1.29, 1.82) is 0 Å². The zero-order valence-electron chi connectivity index (χ0n) is 13.2. The van der Waals surface area contributed by atoms with E-state index in [1.165, 1.54) is 62.9 Å². The lowest BCUT2D eigenvalue weighted by Crippen LogP contribution is -2.18. The predicted octanol–water partition coefficient (Wildman–Crippen LogP) is 4.66. The molecule has 1 aromatic carbocycles. The van der Waals surface area contributed by atoms with Crippen LogP contribution in [0.3, 0.4) is 0 Å². The molecule has 1 aromatic rings. The molecule has 20 heavy (non-hydrogen) atoms. The van der Waals surface area contributed by atoms with Crippen molar-refractivity contribution in [3.05, 3.63) is 29.8 Å². The van der Waals surface area contributed by atoms with Crippen molar-refractivity contribution in [2.24, 2.45) is 0 Å². The number of rotatable bonds is 8. The van der Waals surface area contributed by atoms with Gasteiger partial charge in [-0.15, -0.1) is 0 Å². The second-order valence-corrected chi connectivity index (χ2v) is 6.22. The van der Waals surface area contributed by atoms with Crippen LogP contribution in [0, 0.1) is 0 Å². The topological polar surface area (TPSA) is 15.3 Å². The van der Waals surface area contributed by atoms with Crippen molar-refractivity contribution in [3.8, 4) is 0 Å². The number of hydrogen-bond donors (Lipinski definition) is 1. The first kappa shape index (κ1) is 15.4. The number of anilines is 1. The number of hydrogen-bond acceptors (Lipinski definition) is 2. The fourth-order valence-electron chi connectivity index (χ4n) is 2.96. The molecule has 1 saturated heterocycles. The normalized spacial score (nSPS) is 17.3. The molecule has 1 atom stereocenters. The molecule has 2 rings (SSSR count). The summed E-state index contributed by atoms with van der Waals surface area (Å²) in [5.74, 6) is 0. The van der Waals surface area contributed by atoms with Gasteiger partial charge in [0.05, 0.1) is 0 Å². The monoisotopic (exact) mass is 274 g/mol. The molecule has 112 valence electrons. The van der Waals surface area contributed by atoms with E-state index in [9.17, 15) is 0 Å². The van der Waals surface area contributed by atoms with E-state index in [1.807, 2.05) is 0 Å².